The molecule has 0 aromatic heterocycles. The van der Waals surface area contributed by atoms with Gasteiger partial charge in [-0.05, 0) is 86.7 Å². The SMILES string of the molecule is CCC(C(=O)NC1CCCCC1)N(Cc1cccc(OC)c1)C(=O)CN(c1ccc(Cl)cc1C)S(=O)(=O)c1ccc(C)cc1. The van der Waals surface area contributed by atoms with Gasteiger partial charge in [0.05, 0.1) is 17.7 Å². The van der Waals surface area contributed by atoms with Crippen LogP contribution in [0.25, 0.3) is 0 Å². The maximum Gasteiger partial charge on any atom is 0.264 e. The summed E-state index contributed by atoms with van der Waals surface area (Å²) in [5.41, 5.74) is 2.61. The average molecular weight is 640 g/mol. The standard InChI is InChI=1S/C34H42ClN3O5S/c1-5-31(34(40)36-28-11-7-6-8-12-28)37(22-26-10-9-13-29(21-26)43-4)33(39)23-38(32-19-16-27(35)20-25(32)3)44(41,42)30-17-14-24(2)15-18-30/h9-10,13-21,28,31H,5-8,11-12,22-23H2,1-4H3,(H,36,40). The van der Waals surface area contributed by atoms with Gasteiger partial charge in [-0.2, -0.15) is 0 Å². The van der Waals surface area contributed by atoms with E-state index in [9.17, 15) is 18.0 Å². The first-order valence-corrected chi connectivity index (χ1v) is 16.9. The van der Waals surface area contributed by atoms with Crippen molar-refractivity contribution in [1.82, 2.24) is 10.2 Å². The third kappa shape index (κ3) is 8.12. The smallest absolute Gasteiger partial charge is 0.264 e. The monoisotopic (exact) mass is 639 g/mol. The molecule has 236 valence electrons. The van der Waals surface area contributed by atoms with Crippen LogP contribution in [0.2, 0.25) is 5.02 Å². The zero-order chi connectivity index (χ0) is 31.9. The number of anilines is 1. The Morgan fingerprint density at radius 1 is 1.00 bits per heavy atom. The number of rotatable bonds is 12. The Morgan fingerprint density at radius 3 is 2.34 bits per heavy atom. The predicted molar refractivity (Wildman–Crippen MR) is 175 cm³/mol. The fourth-order valence-corrected chi connectivity index (χ4v) is 7.39. The molecule has 44 heavy (non-hydrogen) atoms. The molecular formula is C34H42ClN3O5S. The number of sulfonamides is 1. The molecule has 1 saturated carbocycles. The van der Waals surface area contributed by atoms with E-state index in [0.29, 0.717) is 28.4 Å². The second-order valence-electron chi connectivity index (χ2n) is 11.4. The van der Waals surface area contributed by atoms with Gasteiger partial charge in [0.2, 0.25) is 11.8 Å². The average Bonchev–Trinajstić information content (AvgIpc) is 3.00. The molecule has 10 heteroatoms. The van der Waals surface area contributed by atoms with E-state index in [4.69, 9.17) is 16.3 Å². The van der Waals surface area contributed by atoms with Crippen molar-refractivity contribution >= 4 is 39.1 Å². The number of hydrogen-bond donors (Lipinski definition) is 1. The summed E-state index contributed by atoms with van der Waals surface area (Å²) in [6, 6.07) is 18.0. The van der Waals surface area contributed by atoms with Crippen LogP contribution in [0, 0.1) is 13.8 Å². The minimum Gasteiger partial charge on any atom is -0.497 e. The van der Waals surface area contributed by atoms with Crippen LogP contribution in [0.3, 0.4) is 0 Å². The van der Waals surface area contributed by atoms with Crippen LogP contribution in [0.15, 0.2) is 71.6 Å². The minimum atomic E-state index is -4.17. The van der Waals surface area contributed by atoms with Gasteiger partial charge in [-0.25, -0.2) is 8.42 Å². The van der Waals surface area contributed by atoms with E-state index in [1.165, 1.54) is 17.0 Å². The molecular weight excluding hydrogens is 598 g/mol. The van der Waals surface area contributed by atoms with Crippen LogP contribution in [0.5, 0.6) is 5.75 Å². The van der Waals surface area contributed by atoms with E-state index < -0.39 is 28.5 Å². The molecule has 0 radical (unpaired) electrons. The van der Waals surface area contributed by atoms with Crippen LogP contribution in [0.1, 0.15) is 62.1 Å². The number of aryl methyl sites for hydroxylation is 2. The topological polar surface area (TPSA) is 96.0 Å². The first kappa shape index (κ1) is 33.3. The molecule has 4 rings (SSSR count). The number of nitrogens with zero attached hydrogens (tertiary/aromatic N) is 2. The Balaban J connectivity index is 1.74. The number of hydrogen-bond acceptors (Lipinski definition) is 5. The van der Waals surface area contributed by atoms with Gasteiger partial charge in [0.15, 0.2) is 0 Å². The van der Waals surface area contributed by atoms with Crippen molar-refractivity contribution in [2.24, 2.45) is 0 Å². The zero-order valence-corrected chi connectivity index (χ0v) is 27.5. The van der Waals surface area contributed by atoms with Crippen LogP contribution in [-0.2, 0) is 26.2 Å². The second-order valence-corrected chi connectivity index (χ2v) is 13.7. The summed E-state index contributed by atoms with van der Waals surface area (Å²) in [5.74, 6) is -0.107. The summed E-state index contributed by atoms with van der Waals surface area (Å²) in [6.07, 6.45) is 5.44. The molecule has 0 heterocycles. The quantitative estimate of drug-likeness (QED) is 0.247. The van der Waals surface area contributed by atoms with E-state index in [2.05, 4.69) is 5.32 Å². The fourth-order valence-electron chi connectivity index (χ4n) is 5.68. The predicted octanol–water partition coefficient (Wildman–Crippen LogP) is 6.42. The fraction of sp³-hybridized carbons (Fsp3) is 0.412. The number of carbonyl (C=O) groups is 2. The molecule has 1 fully saturated rings. The van der Waals surface area contributed by atoms with Gasteiger partial charge < -0.3 is 15.0 Å². The van der Waals surface area contributed by atoms with Crippen LogP contribution in [0.4, 0.5) is 5.69 Å². The summed E-state index contributed by atoms with van der Waals surface area (Å²) in [7, 11) is -2.61. The van der Waals surface area contributed by atoms with Crippen molar-refractivity contribution in [3.63, 3.8) is 0 Å². The van der Waals surface area contributed by atoms with Gasteiger partial charge in [-0.15, -0.1) is 0 Å². The van der Waals surface area contributed by atoms with Crippen molar-refractivity contribution in [3.05, 3.63) is 88.4 Å². The lowest BCUT2D eigenvalue weighted by molar-refractivity contribution is -0.140. The molecule has 3 aromatic carbocycles. The van der Waals surface area contributed by atoms with Crippen LogP contribution >= 0.6 is 11.6 Å². The van der Waals surface area contributed by atoms with Crippen molar-refractivity contribution in [2.45, 2.75) is 82.8 Å². The summed E-state index contributed by atoms with van der Waals surface area (Å²) in [4.78, 5) is 29.7. The number of benzene rings is 3. The van der Waals surface area contributed by atoms with Crippen molar-refractivity contribution in [1.29, 1.82) is 0 Å². The third-order valence-corrected chi connectivity index (χ3v) is 10.1. The van der Waals surface area contributed by atoms with Gasteiger partial charge in [-0.1, -0.05) is 67.6 Å². The molecule has 1 unspecified atom stereocenters. The number of ether oxygens (including phenoxy) is 1. The van der Waals surface area contributed by atoms with Gasteiger partial charge in [-0.3, -0.25) is 13.9 Å². The Labute approximate surface area is 266 Å². The summed E-state index contributed by atoms with van der Waals surface area (Å²) in [5, 5.41) is 3.63. The largest absolute Gasteiger partial charge is 0.497 e. The summed E-state index contributed by atoms with van der Waals surface area (Å²) in [6.45, 7) is 5.09. The number of nitrogens with one attached hydrogen (secondary N) is 1. The molecule has 1 aliphatic rings. The zero-order valence-electron chi connectivity index (χ0n) is 25.9. The number of carbonyl (C=O) groups excluding carboxylic acids is 2. The highest BCUT2D eigenvalue weighted by Crippen LogP contribution is 2.30. The highest BCUT2D eigenvalue weighted by Gasteiger charge is 2.35. The van der Waals surface area contributed by atoms with Gasteiger partial charge in [0, 0.05) is 17.6 Å². The Kier molecular flexibility index (Phi) is 11.3. The van der Waals surface area contributed by atoms with Crippen LogP contribution in [-0.4, -0.2) is 50.9 Å². The maximum absolute atomic E-state index is 14.4. The van der Waals surface area contributed by atoms with Gasteiger partial charge in [0.25, 0.3) is 10.0 Å². The molecule has 0 spiro atoms. The minimum absolute atomic E-state index is 0.0617. The molecule has 0 aliphatic heterocycles. The number of amides is 2. The normalized spacial score (nSPS) is 14.5. The lowest BCUT2D eigenvalue weighted by Gasteiger charge is -2.34. The van der Waals surface area contributed by atoms with Crippen molar-refractivity contribution in [3.8, 4) is 5.75 Å². The van der Waals surface area contributed by atoms with E-state index in [0.717, 1.165) is 47.5 Å². The highest BCUT2D eigenvalue weighted by molar-refractivity contribution is 7.92. The maximum atomic E-state index is 14.4. The first-order chi connectivity index (χ1) is 21.0. The number of halogens is 1. The van der Waals surface area contributed by atoms with Gasteiger partial charge in [0.1, 0.15) is 18.3 Å². The molecule has 1 atom stereocenters. The molecule has 8 nitrogen and oxygen atoms in total. The highest BCUT2D eigenvalue weighted by atomic mass is 35.5. The van der Waals surface area contributed by atoms with Crippen LogP contribution < -0.4 is 14.4 Å². The molecule has 2 amide bonds. The Hall–Kier alpha value is -3.56. The molecule has 3 aromatic rings. The lowest BCUT2D eigenvalue weighted by atomic mass is 9.95. The molecule has 0 saturated heterocycles. The summed E-state index contributed by atoms with van der Waals surface area (Å²) < 4.78 is 34.8. The lowest BCUT2D eigenvalue weighted by Crippen LogP contribution is -2.54. The Morgan fingerprint density at radius 2 is 1.70 bits per heavy atom. The Bertz CT molecular complexity index is 1560. The number of methoxy groups -OCH3 is 1. The first-order valence-electron chi connectivity index (χ1n) is 15.1. The van der Waals surface area contributed by atoms with Crippen molar-refractivity contribution < 1.29 is 22.7 Å². The molecule has 1 N–H and O–H groups in total. The molecule has 1 aliphatic carbocycles. The van der Waals surface area contributed by atoms with Gasteiger partial charge >= 0.3 is 0 Å². The van der Waals surface area contributed by atoms with E-state index in [-0.39, 0.29) is 23.4 Å². The van der Waals surface area contributed by atoms with Crippen molar-refractivity contribution in [2.75, 3.05) is 18.0 Å². The second kappa shape index (κ2) is 14.9. The third-order valence-electron chi connectivity index (χ3n) is 8.14. The van der Waals surface area contributed by atoms with E-state index in [1.807, 2.05) is 38.1 Å². The summed E-state index contributed by atoms with van der Waals surface area (Å²) >= 11 is 6.22. The van der Waals surface area contributed by atoms with E-state index >= 15 is 0 Å². The molecule has 0 bridgehead atoms. The van der Waals surface area contributed by atoms with E-state index in [1.54, 1.807) is 44.4 Å².